The molecule has 1 heterocycles. The lowest BCUT2D eigenvalue weighted by Crippen LogP contribution is -2.56. The second kappa shape index (κ2) is 22.3. The maximum atomic E-state index is 13.7. The standard InChI is InChI=1S/C39H59N9O5/c1-6-26(2)36(47-37(51)27(3)20-30-24-43-32-13-8-7-12-31(30)32)39(53)46-33(14-15-34(40)49)38(52)45-23-29-11-9-10-28(21-29)22-44-35(50)25-48(18-16-41-4)19-17-42-5/h7-13,21,24,26-27,33,36,41-43H,6,14-20,22-23,25H2,1-5H3,(H2,40,49)(H,44,50)(H,45,52)(H,46,53)(H,47,51). The summed E-state index contributed by atoms with van der Waals surface area (Å²) in [4.78, 5) is 70.2. The normalized spacial score (nSPS) is 13.5. The van der Waals surface area contributed by atoms with Gasteiger partial charge in [0.05, 0.1) is 6.54 Å². The van der Waals surface area contributed by atoms with E-state index in [0.717, 1.165) is 53.8 Å². The number of carbonyl (C=O) groups excluding carboxylic acids is 5. The van der Waals surface area contributed by atoms with Crippen LogP contribution in [0.4, 0.5) is 0 Å². The van der Waals surface area contributed by atoms with Crippen LogP contribution in [0.15, 0.2) is 54.7 Å². The summed E-state index contributed by atoms with van der Waals surface area (Å²) in [5, 5.41) is 18.8. The Kier molecular flexibility index (Phi) is 17.9. The lowest BCUT2D eigenvalue weighted by molar-refractivity contribution is -0.134. The van der Waals surface area contributed by atoms with Gasteiger partial charge in [-0.15, -0.1) is 0 Å². The van der Waals surface area contributed by atoms with Gasteiger partial charge in [0.15, 0.2) is 0 Å². The van der Waals surface area contributed by atoms with Crippen molar-refractivity contribution in [3.63, 3.8) is 0 Å². The highest BCUT2D eigenvalue weighted by molar-refractivity contribution is 5.93. The van der Waals surface area contributed by atoms with Crippen molar-refractivity contribution < 1.29 is 24.0 Å². The summed E-state index contributed by atoms with van der Waals surface area (Å²) in [5.74, 6) is -2.60. The van der Waals surface area contributed by atoms with E-state index in [-0.39, 0.29) is 43.7 Å². The first-order valence-corrected chi connectivity index (χ1v) is 18.5. The number of rotatable bonds is 24. The lowest BCUT2D eigenvalue weighted by atomic mass is 9.95. The predicted octanol–water partition coefficient (Wildman–Crippen LogP) is 1.30. The Morgan fingerprint density at radius 2 is 1.49 bits per heavy atom. The van der Waals surface area contributed by atoms with Crippen molar-refractivity contribution in [1.82, 2.24) is 41.8 Å². The fourth-order valence-electron chi connectivity index (χ4n) is 5.97. The average molecular weight is 734 g/mol. The number of aromatic amines is 1. The molecule has 0 fully saturated rings. The summed E-state index contributed by atoms with van der Waals surface area (Å²) in [6.07, 6.45) is 2.87. The third-order valence-electron chi connectivity index (χ3n) is 9.43. The van der Waals surface area contributed by atoms with E-state index in [1.54, 1.807) is 0 Å². The van der Waals surface area contributed by atoms with E-state index < -0.39 is 35.7 Å². The van der Waals surface area contributed by atoms with E-state index in [1.165, 1.54) is 0 Å². The van der Waals surface area contributed by atoms with Gasteiger partial charge in [-0.2, -0.15) is 0 Å². The van der Waals surface area contributed by atoms with Crippen molar-refractivity contribution in [2.75, 3.05) is 46.8 Å². The Morgan fingerprint density at radius 1 is 0.830 bits per heavy atom. The van der Waals surface area contributed by atoms with Crippen molar-refractivity contribution in [3.8, 4) is 0 Å². The summed E-state index contributed by atoms with van der Waals surface area (Å²) in [6.45, 7) is 9.43. The van der Waals surface area contributed by atoms with Crippen molar-refractivity contribution in [2.24, 2.45) is 17.6 Å². The van der Waals surface area contributed by atoms with Gasteiger partial charge in [-0.3, -0.25) is 28.9 Å². The SMILES string of the molecule is CCC(C)C(NC(=O)C(C)Cc1c[nH]c2ccccc12)C(=O)NC(CCC(N)=O)C(=O)NCc1cccc(CNC(=O)CN(CCNC)CCNC)c1. The quantitative estimate of drug-likeness (QED) is 0.0673. The van der Waals surface area contributed by atoms with Gasteiger partial charge < -0.3 is 42.6 Å². The molecule has 2 aromatic carbocycles. The van der Waals surface area contributed by atoms with Crippen molar-refractivity contribution >= 4 is 40.4 Å². The Hall–Kier alpha value is -4.79. The molecule has 5 amide bonds. The van der Waals surface area contributed by atoms with Crippen LogP contribution in [0.1, 0.15) is 56.7 Å². The molecule has 9 N–H and O–H groups in total. The van der Waals surface area contributed by atoms with Gasteiger partial charge >= 0.3 is 0 Å². The molecule has 4 unspecified atom stereocenters. The molecule has 0 bridgehead atoms. The minimum Gasteiger partial charge on any atom is -0.370 e. The summed E-state index contributed by atoms with van der Waals surface area (Å²) in [6, 6.07) is 13.4. The average Bonchev–Trinajstić information content (AvgIpc) is 3.56. The van der Waals surface area contributed by atoms with E-state index in [0.29, 0.717) is 19.4 Å². The van der Waals surface area contributed by atoms with E-state index in [9.17, 15) is 24.0 Å². The Bertz CT molecular complexity index is 1640. The molecule has 14 heteroatoms. The molecule has 0 aliphatic carbocycles. The zero-order valence-corrected chi connectivity index (χ0v) is 31.8. The fraction of sp³-hybridized carbons (Fsp3) is 0.513. The third-order valence-corrected chi connectivity index (χ3v) is 9.43. The smallest absolute Gasteiger partial charge is 0.243 e. The molecular formula is C39H59N9O5. The first-order chi connectivity index (χ1) is 25.4. The van der Waals surface area contributed by atoms with Crippen LogP contribution in [-0.4, -0.2) is 98.3 Å². The number of nitrogens with two attached hydrogens (primary N) is 1. The maximum absolute atomic E-state index is 13.7. The number of nitrogens with one attached hydrogen (secondary N) is 7. The summed E-state index contributed by atoms with van der Waals surface area (Å²) in [5.41, 5.74) is 9.07. The predicted molar refractivity (Wildman–Crippen MR) is 207 cm³/mol. The largest absolute Gasteiger partial charge is 0.370 e. The van der Waals surface area contributed by atoms with Crippen molar-refractivity contribution in [2.45, 2.75) is 71.6 Å². The van der Waals surface area contributed by atoms with Gasteiger partial charge in [-0.25, -0.2) is 0 Å². The molecule has 0 saturated heterocycles. The van der Waals surface area contributed by atoms with Crippen LogP contribution < -0.4 is 37.6 Å². The molecule has 4 atom stereocenters. The fourth-order valence-corrected chi connectivity index (χ4v) is 5.97. The molecule has 53 heavy (non-hydrogen) atoms. The van der Waals surface area contributed by atoms with Crippen molar-refractivity contribution in [1.29, 1.82) is 0 Å². The molecule has 290 valence electrons. The Morgan fingerprint density at radius 3 is 2.13 bits per heavy atom. The number of para-hydroxylation sites is 1. The van der Waals surface area contributed by atoms with Gasteiger partial charge in [0, 0.05) is 68.7 Å². The number of aromatic nitrogens is 1. The van der Waals surface area contributed by atoms with Crippen LogP contribution in [0.5, 0.6) is 0 Å². The van der Waals surface area contributed by atoms with Gasteiger partial charge in [0.25, 0.3) is 0 Å². The molecule has 1 aromatic heterocycles. The summed E-state index contributed by atoms with van der Waals surface area (Å²) < 4.78 is 0. The highest BCUT2D eigenvalue weighted by atomic mass is 16.2. The summed E-state index contributed by atoms with van der Waals surface area (Å²) >= 11 is 0. The third kappa shape index (κ3) is 14.3. The molecule has 0 aliphatic rings. The topological polar surface area (TPSA) is 203 Å². The maximum Gasteiger partial charge on any atom is 0.243 e. The number of likely N-dealkylation sites (N-methyl/N-ethyl adjacent to an activating group) is 2. The van der Waals surface area contributed by atoms with Crippen LogP contribution in [0.3, 0.4) is 0 Å². The van der Waals surface area contributed by atoms with Crippen LogP contribution in [0.25, 0.3) is 10.9 Å². The number of hydrogen-bond donors (Lipinski definition) is 8. The molecule has 0 spiro atoms. The Labute approximate surface area is 313 Å². The second-order valence-corrected chi connectivity index (χ2v) is 13.7. The number of carbonyl (C=O) groups is 5. The van der Waals surface area contributed by atoms with Crippen LogP contribution in [0.2, 0.25) is 0 Å². The first-order valence-electron chi connectivity index (χ1n) is 18.5. The monoisotopic (exact) mass is 733 g/mol. The molecule has 14 nitrogen and oxygen atoms in total. The van der Waals surface area contributed by atoms with Crippen LogP contribution in [0, 0.1) is 11.8 Å². The van der Waals surface area contributed by atoms with Crippen LogP contribution >= 0.6 is 0 Å². The van der Waals surface area contributed by atoms with Gasteiger partial charge in [-0.05, 0) is 55.6 Å². The van der Waals surface area contributed by atoms with E-state index in [2.05, 4.69) is 41.8 Å². The highest BCUT2D eigenvalue weighted by Crippen LogP contribution is 2.21. The number of H-pyrrole nitrogens is 1. The first kappa shape index (κ1) is 42.6. The molecule has 3 aromatic rings. The molecule has 3 rings (SSSR count). The number of primary amides is 1. The molecule has 0 radical (unpaired) electrons. The zero-order chi connectivity index (χ0) is 38.8. The highest BCUT2D eigenvalue weighted by Gasteiger charge is 2.31. The number of benzene rings is 2. The number of amides is 5. The number of hydrogen-bond acceptors (Lipinski definition) is 8. The summed E-state index contributed by atoms with van der Waals surface area (Å²) in [7, 11) is 3.76. The van der Waals surface area contributed by atoms with Gasteiger partial charge in [0.1, 0.15) is 12.1 Å². The Balaban J connectivity index is 1.60. The number of nitrogens with zero attached hydrogens (tertiary/aromatic N) is 1. The van der Waals surface area contributed by atoms with Crippen molar-refractivity contribution in [3.05, 3.63) is 71.4 Å². The van der Waals surface area contributed by atoms with E-state index in [1.807, 2.05) is 89.6 Å². The van der Waals surface area contributed by atoms with Gasteiger partial charge in [0.2, 0.25) is 29.5 Å². The molecular weight excluding hydrogens is 674 g/mol. The minimum atomic E-state index is -1.06. The minimum absolute atomic E-state index is 0.00320. The van der Waals surface area contributed by atoms with Crippen LogP contribution in [-0.2, 0) is 43.5 Å². The lowest BCUT2D eigenvalue weighted by Gasteiger charge is -2.27. The second-order valence-electron chi connectivity index (χ2n) is 13.7. The molecule has 0 aliphatic heterocycles. The van der Waals surface area contributed by atoms with E-state index in [4.69, 9.17) is 5.73 Å². The molecule has 0 saturated carbocycles. The van der Waals surface area contributed by atoms with Gasteiger partial charge in [-0.1, -0.05) is 69.7 Å². The van der Waals surface area contributed by atoms with E-state index >= 15 is 0 Å². The zero-order valence-electron chi connectivity index (χ0n) is 31.8. The number of fused-ring (bicyclic) bond motifs is 1.